The quantitative estimate of drug-likeness (QED) is 0.432. The van der Waals surface area contributed by atoms with Gasteiger partial charge in [-0.3, -0.25) is 4.79 Å². The zero-order valence-corrected chi connectivity index (χ0v) is 12.0. The Morgan fingerprint density at radius 1 is 1.06 bits per heavy atom. The van der Waals surface area contributed by atoms with E-state index in [2.05, 4.69) is 13.8 Å². The van der Waals surface area contributed by atoms with Crippen molar-refractivity contribution in [3.05, 3.63) is 0 Å². The summed E-state index contributed by atoms with van der Waals surface area (Å²) < 4.78 is 10.3. The maximum absolute atomic E-state index is 11.5. The lowest BCUT2D eigenvalue weighted by atomic mass is 9.95. The fraction of sp³-hybridized carbons (Fsp3) is 0.929. The highest BCUT2D eigenvalue weighted by Crippen LogP contribution is 2.17. The Hall–Kier alpha value is -0.610. The molecule has 0 aliphatic rings. The third kappa shape index (κ3) is 10.5. The molecule has 0 radical (unpaired) electrons. The Kier molecular flexibility index (Phi) is 12.4. The molecule has 0 amide bonds. The maximum atomic E-state index is 11.5. The Morgan fingerprint density at radius 2 is 1.83 bits per heavy atom. The van der Waals surface area contributed by atoms with E-state index >= 15 is 0 Å². The lowest BCUT2D eigenvalue weighted by molar-refractivity contribution is -0.145. The molecule has 1 unspecified atom stereocenters. The van der Waals surface area contributed by atoms with E-state index in [1.807, 2.05) is 0 Å². The highest BCUT2D eigenvalue weighted by molar-refractivity contribution is 5.69. The molecule has 0 fully saturated rings. The van der Waals surface area contributed by atoms with Crippen LogP contribution in [0.25, 0.3) is 0 Å². The van der Waals surface area contributed by atoms with Crippen molar-refractivity contribution in [1.29, 1.82) is 0 Å². The third-order valence-electron chi connectivity index (χ3n) is 2.87. The molecule has 0 aromatic rings. The van der Waals surface area contributed by atoms with E-state index in [-0.39, 0.29) is 5.97 Å². The molecule has 0 bridgehead atoms. The van der Waals surface area contributed by atoms with Crippen LogP contribution in [-0.2, 0) is 14.3 Å². The summed E-state index contributed by atoms with van der Waals surface area (Å²) in [5.41, 5.74) is 5.56. The second kappa shape index (κ2) is 12.8. The van der Waals surface area contributed by atoms with Crippen LogP contribution >= 0.6 is 0 Å². The molecule has 4 heteroatoms. The van der Waals surface area contributed by atoms with Gasteiger partial charge in [-0.25, -0.2) is 0 Å². The summed E-state index contributed by atoms with van der Waals surface area (Å²) in [6.45, 7) is 6.51. The van der Waals surface area contributed by atoms with E-state index in [1.54, 1.807) is 0 Å². The fourth-order valence-corrected chi connectivity index (χ4v) is 1.93. The number of ether oxygens (including phenoxy) is 2. The van der Waals surface area contributed by atoms with Crippen molar-refractivity contribution in [3.63, 3.8) is 0 Å². The van der Waals surface area contributed by atoms with E-state index in [0.29, 0.717) is 32.1 Å². The van der Waals surface area contributed by atoms with Gasteiger partial charge in [-0.1, -0.05) is 26.7 Å². The van der Waals surface area contributed by atoms with Crippen molar-refractivity contribution in [3.8, 4) is 0 Å². The average molecular weight is 259 g/mol. The first kappa shape index (κ1) is 17.4. The van der Waals surface area contributed by atoms with Crippen molar-refractivity contribution >= 4 is 5.97 Å². The van der Waals surface area contributed by atoms with Crippen LogP contribution in [0.2, 0.25) is 0 Å². The first-order valence-corrected chi connectivity index (χ1v) is 7.18. The monoisotopic (exact) mass is 259 g/mol. The standard InChI is InChI=1S/C14H29NO3/c1-3-5-13(8-9-15)6-7-14(16)18-12-11-17-10-4-2/h13H,3-12,15H2,1-2H3. The lowest BCUT2D eigenvalue weighted by Gasteiger charge is -2.14. The number of esters is 1. The molecule has 0 aromatic carbocycles. The van der Waals surface area contributed by atoms with Crippen LogP contribution in [-0.4, -0.2) is 32.3 Å². The zero-order valence-electron chi connectivity index (χ0n) is 12.0. The van der Waals surface area contributed by atoms with Crippen molar-refractivity contribution in [2.75, 3.05) is 26.4 Å². The maximum Gasteiger partial charge on any atom is 0.305 e. The SMILES string of the molecule is CCCOCCOC(=O)CCC(CCC)CCN. The average Bonchev–Trinajstić information content (AvgIpc) is 2.36. The molecule has 108 valence electrons. The van der Waals surface area contributed by atoms with Gasteiger partial charge in [0.15, 0.2) is 0 Å². The summed E-state index contributed by atoms with van der Waals surface area (Å²) in [5.74, 6) is 0.442. The molecule has 1 atom stereocenters. The van der Waals surface area contributed by atoms with Gasteiger partial charge >= 0.3 is 5.97 Å². The van der Waals surface area contributed by atoms with Crippen molar-refractivity contribution in [2.45, 2.75) is 52.4 Å². The molecule has 0 rings (SSSR count). The summed E-state index contributed by atoms with van der Waals surface area (Å²) >= 11 is 0. The Labute approximate surface area is 111 Å². The molecule has 18 heavy (non-hydrogen) atoms. The smallest absolute Gasteiger partial charge is 0.305 e. The van der Waals surface area contributed by atoms with Crippen LogP contribution in [0.1, 0.15) is 52.4 Å². The summed E-state index contributed by atoms with van der Waals surface area (Å²) in [5, 5.41) is 0. The predicted molar refractivity (Wildman–Crippen MR) is 73.4 cm³/mol. The van der Waals surface area contributed by atoms with Gasteiger partial charge in [-0.15, -0.1) is 0 Å². The van der Waals surface area contributed by atoms with Gasteiger partial charge in [-0.05, 0) is 31.7 Å². The summed E-state index contributed by atoms with van der Waals surface area (Å²) in [4.78, 5) is 11.5. The van der Waals surface area contributed by atoms with E-state index in [1.165, 1.54) is 0 Å². The molecule has 0 heterocycles. The van der Waals surface area contributed by atoms with E-state index in [4.69, 9.17) is 15.2 Å². The van der Waals surface area contributed by atoms with Crippen LogP contribution in [0.5, 0.6) is 0 Å². The fourth-order valence-electron chi connectivity index (χ4n) is 1.93. The molecular formula is C14H29NO3. The van der Waals surface area contributed by atoms with Gasteiger partial charge in [0.1, 0.15) is 6.61 Å². The Balaban J connectivity index is 3.54. The summed E-state index contributed by atoms with van der Waals surface area (Å²) in [6.07, 6.45) is 5.67. The molecule has 0 saturated carbocycles. The van der Waals surface area contributed by atoms with Crippen molar-refractivity contribution in [2.24, 2.45) is 11.7 Å². The van der Waals surface area contributed by atoms with Gasteiger partial charge in [0.05, 0.1) is 6.61 Å². The number of rotatable bonds is 12. The molecule has 0 saturated heterocycles. The molecule has 0 aliphatic carbocycles. The van der Waals surface area contributed by atoms with E-state index < -0.39 is 0 Å². The van der Waals surface area contributed by atoms with Crippen LogP contribution in [0.15, 0.2) is 0 Å². The van der Waals surface area contributed by atoms with Crippen LogP contribution < -0.4 is 5.73 Å². The Bertz CT molecular complexity index is 191. The third-order valence-corrected chi connectivity index (χ3v) is 2.87. The second-order valence-corrected chi connectivity index (χ2v) is 4.60. The highest BCUT2D eigenvalue weighted by atomic mass is 16.6. The van der Waals surface area contributed by atoms with Crippen LogP contribution in [0, 0.1) is 5.92 Å². The highest BCUT2D eigenvalue weighted by Gasteiger charge is 2.10. The minimum Gasteiger partial charge on any atom is -0.463 e. The molecule has 2 N–H and O–H groups in total. The van der Waals surface area contributed by atoms with Gasteiger partial charge < -0.3 is 15.2 Å². The minimum absolute atomic E-state index is 0.117. The first-order chi connectivity index (χ1) is 8.74. The number of carbonyl (C=O) groups is 1. The van der Waals surface area contributed by atoms with Crippen LogP contribution in [0.4, 0.5) is 0 Å². The van der Waals surface area contributed by atoms with Gasteiger partial charge in [0.25, 0.3) is 0 Å². The Morgan fingerprint density at radius 3 is 2.44 bits per heavy atom. The molecule has 4 nitrogen and oxygen atoms in total. The van der Waals surface area contributed by atoms with Gasteiger partial charge in [-0.2, -0.15) is 0 Å². The zero-order chi connectivity index (χ0) is 13.6. The normalized spacial score (nSPS) is 12.4. The van der Waals surface area contributed by atoms with Crippen LogP contribution in [0.3, 0.4) is 0 Å². The number of nitrogens with two attached hydrogens (primary N) is 1. The predicted octanol–water partition coefficient (Wildman–Crippen LogP) is 2.50. The molecule has 0 aromatic heterocycles. The second-order valence-electron chi connectivity index (χ2n) is 4.60. The largest absolute Gasteiger partial charge is 0.463 e. The lowest BCUT2D eigenvalue weighted by Crippen LogP contribution is -2.14. The van der Waals surface area contributed by atoms with E-state index in [0.717, 1.165) is 38.7 Å². The molecule has 0 aliphatic heterocycles. The summed E-state index contributed by atoms with van der Waals surface area (Å²) in [7, 11) is 0. The minimum atomic E-state index is -0.117. The number of carbonyl (C=O) groups excluding carboxylic acids is 1. The first-order valence-electron chi connectivity index (χ1n) is 7.18. The number of hydrogen-bond donors (Lipinski definition) is 1. The van der Waals surface area contributed by atoms with Crippen molar-refractivity contribution < 1.29 is 14.3 Å². The topological polar surface area (TPSA) is 61.5 Å². The molecule has 0 spiro atoms. The van der Waals surface area contributed by atoms with Crippen molar-refractivity contribution in [1.82, 2.24) is 0 Å². The van der Waals surface area contributed by atoms with Gasteiger partial charge in [0.2, 0.25) is 0 Å². The summed E-state index contributed by atoms with van der Waals surface area (Å²) in [6, 6.07) is 0. The van der Waals surface area contributed by atoms with E-state index in [9.17, 15) is 4.79 Å². The number of hydrogen-bond acceptors (Lipinski definition) is 4. The molecular weight excluding hydrogens is 230 g/mol. The van der Waals surface area contributed by atoms with Gasteiger partial charge in [0, 0.05) is 13.0 Å².